The molecule has 1 N–H and O–H groups in total. The second-order valence-electron chi connectivity index (χ2n) is 5.04. The monoisotopic (exact) mass is 410 g/mol. The van der Waals surface area contributed by atoms with Crippen LogP contribution in [0.4, 0.5) is 5.69 Å². The number of hydrogen-bond donors (Lipinski definition) is 1. The van der Waals surface area contributed by atoms with E-state index in [9.17, 15) is 14.4 Å². The van der Waals surface area contributed by atoms with E-state index in [0.29, 0.717) is 14.9 Å². The van der Waals surface area contributed by atoms with Gasteiger partial charge in [-0.15, -0.1) is 11.3 Å². The van der Waals surface area contributed by atoms with Crippen LogP contribution in [-0.2, 0) is 14.3 Å². The SMILES string of the molecule is N#Cc1ccc(NC(=O)COC(=O)CCC(=O)c2ccc(Cl)s2)cc1Cl. The lowest BCUT2D eigenvalue weighted by molar-refractivity contribution is -0.147. The van der Waals surface area contributed by atoms with E-state index in [1.165, 1.54) is 18.2 Å². The number of ether oxygens (including phenoxy) is 1. The molecule has 0 saturated heterocycles. The van der Waals surface area contributed by atoms with Gasteiger partial charge in [-0.05, 0) is 30.3 Å². The molecule has 0 aliphatic carbocycles. The second kappa shape index (κ2) is 9.34. The summed E-state index contributed by atoms with van der Waals surface area (Å²) in [6.07, 6.45) is -0.160. The number of nitrogens with one attached hydrogen (secondary N) is 1. The van der Waals surface area contributed by atoms with Crippen molar-refractivity contribution in [3.8, 4) is 6.07 Å². The lowest BCUT2D eigenvalue weighted by Gasteiger charge is -2.07. The summed E-state index contributed by atoms with van der Waals surface area (Å²) in [4.78, 5) is 35.7. The second-order valence-corrected chi connectivity index (χ2v) is 7.16. The molecule has 0 atom stereocenters. The smallest absolute Gasteiger partial charge is 0.306 e. The molecule has 0 bridgehead atoms. The van der Waals surface area contributed by atoms with Crippen molar-refractivity contribution in [2.24, 2.45) is 0 Å². The van der Waals surface area contributed by atoms with Gasteiger partial charge in [-0.3, -0.25) is 14.4 Å². The van der Waals surface area contributed by atoms with Gasteiger partial charge in [-0.2, -0.15) is 5.26 Å². The number of nitrogens with zero attached hydrogens (tertiary/aromatic N) is 1. The van der Waals surface area contributed by atoms with Crippen molar-refractivity contribution in [2.75, 3.05) is 11.9 Å². The van der Waals surface area contributed by atoms with Crippen LogP contribution >= 0.6 is 34.5 Å². The minimum absolute atomic E-state index is 0.0253. The van der Waals surface area contributed by atoms with Crippen LogP contribution in [0.15, 0.2) is 30.3 Å². The molecule has 9 heteroatoms. The largest absolute Gasteiger partial charge is 0.456 e. The van der Waals surface area contributed by atoms with E-state index in [1.807, 2.05) is 6.07 Å². The summed E-state index contributed by atoms with van der Waals surface area (Å²) < 4.78 is 5.33. The Morgan fingerprint density at radius 3 is 2.54 bits per heavy atom. The number of Topliss-reactive ketones (excluding diaryl/α,β-unsaturated/α-hetero) is 1. The summed E-state index contributed by atoms with van der Waals surface area (Å²) in [6, 6.07) is 9.50. The molecule has 1 amide bonds. The molecule has 0 unspecified atom stereocenters. The number of carbonyl (C=O) groups excluding carboxylic acids is 3. The molecular weight excluding hydrogens is 399 g/mol. The fourth-order valence-electron chi connectivity index (χ4n) is 1.90. The Hall–Kier alpha value is -2.40. The molecule has 0 saturated carbocycles. The average molecular weight is 411 g/mol. The number of esters is 1. The first-order valence-electron chi connectivity index (χ1n) is 7.32. The third kappa shape index (κ3) is 5.85. The molecule has 0 aliphatic heterocycles. The Kier molecular flexibility index (Phi) is 7.16. The number of rotatable bonds is 7. The van der Waals surface area contributed by atoms with Crippen LogP contribution in [0.1, 0.15) is 28.1 Å². The van der Waals surface area contributed by atoms with Gasteiger partial charge in [-0.25, -0.2) is 0 Å². The van der Waals surface area contributed by atoms with Gasteiger partial charge >= 0.3 is 5.97 Å². The first-order valence-corrected chi connectivity index (χ1v) is 8.90. The number of amides is 1. The first-order chi connectivity index (χ1) is 12.4. The Labute approximate surface area is 163 Å². The summed E-state index contributed by atoms with van der Waals surface area (Å²) >= 11 is 12.8. The molecule has 0 aliphatic rings. The van der Waals surface area contributed by atoms with E-state index in [0.717, 1.165) is 11.3 Å². The van der Waals surface area contributed by atoms with E-state index < -0.39 is 18.5 Å². The highest BCUT2D eigenvalue weighted by molar-refractivity contribution is 7.18. The first kappa shape index (κ1) is 19.9. The normalized spacial score (nSPS) is 10.0. The molecular formula is C17H12Cl2N2O4S. The van der Waals surface area contributed by atoms with E-state index in [4.69, 9.17) is 33.2 Å². The topological polar surface area (TPSA) is 96.3 Å². The maximum atomic E-state index is 11.9. The lowest BCUT2D eigenvalue weighted by Crippen LogP contribution is -2.21. The van der Waals surface area contributed by atoms with Crippen molar-refractivity contribution in [1.29, 1.82) is 5.26 Å². The minimum Gasteiger partial charge on any atom is -0.456 e. The summed E-state index contributed by atoms with van der Waals surface area (Å²) in [5.41, 5.74) is 0.660. The predicted molar refractivity (Wildman–Crippen MR) is 98.6 cm³/mol. The lowest BCUT2D eigenvalue weighted by atomic mass is 10.2. The van der Waals surface area contributed by atoms with Crippen LogP contribution < -0.4 is 5.32 Å². The zero-order valence-electron chi connectivity index (χ0n) is 13.3. The van der Waals surface area contributed by atoms with Gasteiger partial charge in [-0.1, -0.05) is 23.2 Å². The number of benzene rings is 1. The van der Waals surface area contributed by atoms with Crippen LogP contribution in [0, 0.1) is 11.3 Å². The molecule has 1 aromatic heterocycles. The third-order valence-electron chi connectivity index (χ3n) is 3.14. The molecule has 0 spiro atoms. The molecule has 6 nitrogen and oxygen atoms in total. The van der Waals surface area contributed by atoms with Crippen molar-refractivity contribution in [2.45, 2.75) is 12.8 Å². The van der Waals surface area contributed by atoms with Gasteiger partial charge in [0.2, 0.25) is 0 Å². The zero-order valence-corrected chi connectivity index (χ0v) is 15.6. The van der Waals surface area contributed by atoms with Crippen LogP contribution in [-0.4, -0.2) is 24.3 Å². The Bertz CT molecular complexity index is 889. The predicted octanol–water partition coefficient (Wildman–Crippen LogP) is 4.07. The highest BCUT2D eigenvalue weighted by Gasteiger charge is 2.14. The van der Waals surface area contributed by atoms with Crippen LogP contribution in [0.3, 0.4) is 0 Å². The number of anilines is 1. The van der Waals surface area contributed by atoms with E-state index >= 15 is 0 Å². The fraction of sp³-hybridized carbons (Fsp3) is 0.176. The number of carbonyl (C=O) groups is 3. The van der Waals surface area contributed by atoms with Gasteiger partial charge in [0.05, 0.1) is 26.2 Å². The maximum absolute atomic E-state index is 11.9. The molecule has 134 valence electrons. The number of nitriles is 1. The third-order valence-corrected chi connectivity index (χ3v) is 4.73. The fourth-order valence-corrected chi connectivity index (χ4v) is 3.14. The number of thiophene rings is 1. The van der Waals surface area contributed by atoms with E-state index in [-0.39, 0.29) is 29.2 Å². The maximum Gasteiger partial charge on any atom is 0.306 e. The van der Waals surface area contributed by atoms with Crippen molar-refractivity contribution in [3.05, 3.63) is 50.1 Å². The number of halogens is 2. The Balaban J connectivity index is 1.74. The zero-order chi connectivity index (χ0) is 19.1. The Morgan fingerprint density at radius 2 is 1.92 bits per heavy atom. The highest BCUT2D eigenvalue weighted by Crippen LogP contribution is 2.23. The van der Waals surface area contributed by atoms with Crippen LogP contribution in [0.5, 0.6) is 0 Å². The number of hydrogen-bond acceptors (Lipinski definition) is 6. The molecule has 2 aromatic rings. The molecule has 26 heavy (non-hydrogen) atoms. The standard InChI is InChI=1S/C17H12Cl2N2O4S/c18-12-7-11(2-1-10(12)8-20)21-16(23)9-25-17(24)6-3-13(22)14-4-5-15(19)26-14/h1-2,4-5,7H,3,6,9H2,(H,21,23). The molecule has 0 radical (unpaired) electrons. The highest BCUT2D eigenvalue weighted by atomic mass is 35.5. The van der Waals surface area contributed by atoms with Gasteiger partial charge < -0.3 is 10.1 Å². The molecule has 0 fully saturated rings. The van der Waals surface area contributed by atoms with E-state index in [2.05, 4.69) is 5.32 Å². The van der Waals surface area contributed by atoms with Crippen LogP contribution in [0.2, 0.25) is 9.36 Å². The van der Waals surface area contributed by atoms with Gasteiger partial charge in [0.1, 0.15) is 6.07 Å². The molecule has 1 aromatic carbocycles. The summed E-state index contributed by atoms with van der Waals surface area (Å²) in [7, 11) is 0. The Morgan fingerprint density at radius 1 is 1.15 bits per heavy atom. The molecule has 1 heterocycles. The van der Waals surface area contributed by atoms with Gasteiger partial charge in [0, 0.05) is 12.1 Å². The summed E-state index contributed by atoms with van der Waals surface area (Å²) in [5.74, 6) is -1.43. The molecule has 2 rings (SSSR count). The summed E-state index contributed by atoms with van der Waals surface area (Å²) in [6.45, 7) is -0.491. The summed E-state index contributed by atoms with van der Waals surface area (Å²) in [5, 5.41) is 11.5. The minimum atomic E-state index is -0.658. The van der Waals surface area contributed by atoms with E-state index in [1.54, 1.807) is 12.1 Å². The quantitative estimate of drug-likeness (QED) is 0.547. The average Bonchev–Trinajstić information content (AvgIpc) is 3.04. The van der Waals surface area contributed by atoms with Crippen molar-refractivity contribution >= 4 is 57.9 Å². The van der Waals surface area contributed by atoms with Crippen molar-refractivity contribution in [1.82, 2.24) is 0 Å². The van der Waals surface area contributed by atoms with Gasteiger partial charge in [0.15, 0.2) is 12.4 Å². The van der Waals surface area contributed by atoms with Crippen molar-refractivity contribution < 1.29 is 19.1 Å². The van der Waals surface area contributed by atoms with Gasteiger partial charge in [0.25, 0.3) is 5.91 Å². The van der Waals surface area contributed by atoms with Crippen LogP contribution in [0.25, 0.3) is 0 Å². The number of ketones is 1. The van der Waals surface area contributed by atoms with Crippen molar-refractivity contribution in [3.63, 3.8) is 0 Å².